The lowest BCUT2D eigenvalue weighted by atomic mass is 10.0. The summed E-state index contributed by atoms with van der Waals surface area (Å²) in [5, 5.41) is 3.48. The highest BCUT2D eigenvalue weighted by molar-refractivity contribution is 8.00. The van der Waals surface area contributed by atoms with Crippen molar-refractivity contribution in [1.29, 1.82) is 0 Å². The van der Waals surface area contributed by atoms with E-state index in [1.165, 1.54) is 17.3 Å². The van der Waals surface area contributed by atoms with Crippen LogP contribution < -0.4 is 5.32 Å². The molecule has 4 nitrogen and oxygen atoms in total. The zero-order valence-corrected chi connectivity index (χ0v) is 14.9. The number of imidazole rings is 1. The highest BCUT2D eigenvalue weighted by Crippen LogP contribution is 2.24. The van der Waals surface area contributed by atoms with Crippen molar-refractivity contribution in [2.24, 2.45) is 0 Å². The number of thioether (sulfide) groups is 1. The zero-order valence-electron chi connectivity index (χ0n) is 14.0. The number of carbonyl (C=O) groups excluding carboxylic acids is 1. The molecule has 0 unspecified atom stereocenters. The normalized spacial score (nSPS) is 12.5. The molecular weight excluding hydrogens is 318 g/mol. The van der Waals surface area contributed by atoms with E-state index in [1.807, 2.05) is 43.3 Å². The van der Waals surface area contributed by atoms with E-state index < -0.39 is 0 Å². The van der Waals surface area contributed by atoms with Crippen molar-refractivity contribution in [3.8, 4) is 0 Å². The maximum Gasteiger partial charge on any atom is 0.237 e. The standard InChI is InChI=1S/C19H21N3OS/c1-12(2)14-8-10-15(11-9-14)20-18(23)13(3)24-19-21-16-6-4-5-7-17(16)22-19/h4-13H,1-3H3,(H,20,23)(H,21,22)/t13-/m1/s1. The van der Waals surface area contributed by atoms with Crippen LogP contribution in [0, 0.1) is 0 Å². The molecule has 0 saturated heterocycles. The number of fused-ring (bicyclic) bond motifs is 1. The molecule has 0 spiro atoms. The number of benzene rings is 2. The highest BCUT2D eigenvalue weighted by Gasteiger charge is 2.16. The molecule has 1 amide bonds. The van der Waals surface area contributed by atoms with Gasteiger partial charge in [-0.1, -0.05) is 49.9 Å². The number of carbonyl (C=O) groups is 1. The van der Waals surface area contributed by atoms with E-state index in [0.717, 1.165) is 21.9 Å². The molecule has 124 valence electrons. The molecule has 3 aromatic rings. The van der Waals surface area contributed by atoms with Crippen LogP contribution in [0.2, 0.25) is 0 Å². The maximum absolute atomic E-state index is 12.4. The molecule has 0 bridgehead atoms. The second kappa shape index (κ2) is 7.09. The molecule has 1 atom stereocenters. The molecule has 0 aliphatic carbocycles. The summed E-state index contributed by atoms with van der Waals surface area (Å²) in [6.45, 7) is 6.19. The van der Waals surface area contributed by atoms with Crippen LogP contribution in [0.15, 0.2) is 53.7 Å². The first kappa shape index (κ1) is 16.6. The van der Waals surface area contributed by atoms with Crippen LogP contribution in [-0.4, -0.2) is 21.1 Å². The fourth-order valence-electron chi connectivity index (χ4n) is 2.40. The second-order valence-electron chi connectivity index (χ2n) is 6.09. The van der Waals surface area contributed by atoms with Crippen LogP contribution in [0.1, 0.15) is 32.3 Å². The summed E-state index contributed by atoms with van der Waals surface area (Å²) in [5.74, 6) is 0.454. The van der Waals surface area contributed by atoms with Gasteiger partial charge >= 0.3 is 0 Å². The second-order valence-corrected chi connectivity index (χ2v) is 7.41. The third-order valence-corrected chi connectivity index (χ3v) is 4.85. The van der Waals surface area contributed by atoms with Gasteiger partial charge in [0.05, 0.1) is 16.3 Å². The number of hydrogen-bond donors (Lipinski definition) is 2. The fourth-order valence-corrected chi connectivity index (χ4v) is 3.22. The van der Waals surface area contributed by atoms with Crippen molar-refractivity contribution in [3.63, 3.8) is 0 Å². The summed E-state index contributed by atoms with van der Waals surface area (Å²) >= 11 is 1.43. The van der Waals surface area contributed by atoms with E-state index >= 15 is 0 Å². The molecular formula is C19H21N3OS. The van der Waals surface area contributed by atoms with Gasteiger partial charge < -0.3 is 10.3 Å². The van der Waals surface area contributed by atoms with E-state index in [-0.39, 0.29) is 11.2 Å². The zero-order chi connectivity index (χ0) is 17.1. The average Bonchev–Trinajstić information content (AvgIpc) is 2.97. The van der Waals surface area contributed by atoms with Crippen LogP contribution in [-0.2, 0) is 4.79 Å². The lowest BCUT2D eigenvalue weighted by Gasteiger charge is -2.12. The lowest BCUT2D eigenvalue weighted by molar-refractivity contribution is -0.115. The van der Waals surface area contributed by atoms with Crippen LogP contribution >= 0.6 is 11.8 Å². The number of anilines is 1. The van der Waals surface area contributed by atoms with Gasteiger partial charge in [0.25, 0.3) is 0 Å². The Morgan fingerprint density at radius 3 is 2.46 bits per heavy atom. The van der Waals surface area contributed by atoms with E-state index in [2.05, 4.69) is 41.3 Å². The molecule has 0 aliphatic heterocycles. The van der Waals surface area contributed by atoms with E-state index in [0.29, 0.717) is 5.92 Å². The third kappa shape index (κ3) is 3.79. The Balaban J connectivity index is 1.63. The van der Waals surface area contributed by atoms with Crippen LogP contribution in [0.25, 0.3) is 11.0 Å². The van der Waals surface area contributed by atoms with Crippen molar-refractivity contribution < 1.29 is 4.79 Å². The van der Waals surface area contributed by atoms with Gasteiger partial charge in [-0.2, -0.15) is 0 Å². The van der Waals surface area contributed by atoms with Crippen molar-refractivity contribution >= 4 is 34.4 Å². The van der Waals surface area contributed by atoms with Gasteiger partial charge in [-0.15, -0.1) is 0 Å². The molecule has 2 N–H and O–H groups in total. The molecule has 3 rings (SSSR count). The Morgan fingerprint density at radius 1 is 1.08 bits per heavy atom. The Labute approximate surface area is 146 Å². The van der Waals surface area contributed by atoms with Gasteiger partial charge in [0, 0.05) is 5.69 Å². The fraction of sp³-hybridized carbons (Fsp3) is 0.263. The number of rotatable bonds is 5. The van der Waals surface area contributed by atoms with Gasteiger partial charge in [0.2, 0.25) is 5.91 Å². The summed E-state index contributed by atoms with van der Waals surface area (Å²) in [4.78, 5) is 20.1. The largest absolute Gasteiger partial charge is 0.333 e. The molecule has 0 aliphatic rings. The van der Waals surface area contributed by atoms with Crippen LogP contribution in [0.4, 0.5) is 5.69 Å². The summed E-state index contributed by atoms with van der Waals surface area (Å²) in [7, 11) is 0. The molecule has 0 fully saturated rings. The lowest BCUT2D eigenvalue weighted by Crippen LogP contribution is -2.22. The van der Waals surface area contributed by atoms with Crippen molar-refractivity contribution in [3.05, 3.63) is 54.1 Å². The first-order chi connectivity index (χ1) is 11.5. The maximum atomic E-state index is 12.4. The van der Waals surface area contributed by atoms with Gasteiger partial charge in [-0.05, 0) is 42.7 Å². The third-order valence-electron chi connectivity index (χ3n) is 3.87. The number of para-hydroxylation sites is 2. The minimum absolute atomic E-state index is 0.0299. The van der Waals surface area contributed by atoms with Gasteiger partial charge in [-0.25, -0.2) is 4.98 Å². The van der Waals surface area contributed by atoms with E-state index in [4.69, 9.17) is 0 Å². The predicted molar refractivity (Wildman–Crippen MR) is 101 cm³/mol. The summed E-state index contributed by atoms with van der Waals surface area (Å²) in [6.07, 6.45) is 0. The van der Waals surface area contributed by atoms with Gasteiger partial charge in [-0.3, -0.25) is 4.79 Å². The Morgan fingerprint density at radius 2 is 1.79 bits per heavy atom. The van der Waals surface area contributed by atoms with Crippen molar-refractivity contribution in [2.45, 2.75) is 37.1 Å². The van der Waals surface area contributed by atoms with E-state index in [1.54, 1.807) is 0 Å². The number of hydrogen-bond acceptors (Lipinski definition) is 3. The topological polar surface area (TPSA) is 57.8 Å². The molecule has 5 heteroatoms. The number of nitrogens with zero attached hydrogens (tertiary/aromatic N) is 1. The minimum Gasteiger partial charge on any atom is -0.333 e. The first-order valence-electron chi connectivity index (χ1n) is 8.05. The minimum atomic E-state index is -0.240. The Kier molecular flexibility index (Phi) is 4.90. The van der Waals surface area contributed by atoms with Crippen molar-refractivity contribution in [2.75, 3.05) is 5.32 Å². The van der Waals surface area contributed by atoms with Crippen molar-refractivity contribution in [1.82, 2.24) is 9.97 Å². The molecule has 2 aromatic carbocycles. The Hall–Kier alpha value is -2.27. The number of nitrogens with one attached hydrogen (secondary N) is 2. The monoisotopic (exact) mass is 339 g/mol. The number of H-pyrrole nitrogens is 1. The van der Waals surface area contributed by atoms with Crippen LogP contribution in [0.3, 0.4) is 0 Å². The summed E-state index contributed by atoms with van der Waals surface area (Å²) in [5.41, 5.74) is 3.98. The molecule has 1 heterocycles. The number of amides is 1. The van der Waals surface area contributed by atoms with Gasteiger partial charge in [0.1, 0.15) is 0 Å². The number of aromatic nitrogens is 2. The first-order valence-corrected chi connectivity index (χ1v) is 8.93. The quantitative estimate of drug-likeness (QED) is 0.656. The highest BCUT2D eigenvalue weighted by atomic mass is 32.2. The molecule has 0 radical (unpaired) electrons. The predicted octanol–water partition coefficient (Wildman–Crippen LogP) is 4.81. The average molecular weight is 339 g/mol. The summed E-state index contributed by atoms with van der Waals surface area (Å²) in [6, 6.07) is 15.9. The van der Waals surface area contributed by atoms with E-state index in [9.17, 15) is 4.79 Å². The smallest absolute Gasteiger partial charge is 0.237 e. The molecule has 24 heavy (non-hydrogen) atoms. The Bertz CT molecular complexity index is 806. The number of aromatic amines is 1. The van der Waals surface area contributed by atoms with Crippen LogP contribution in [0.5, 0.6) is 0 Å². The summed E-state index contributed by atoms with van der Waals surface area (Å²) < 4.78 is 0. The SMILES string of the molecule is CC(C)c1ccc(NC(=O)[C@@H](C)Sc2nc3ccccc3[nH]2)cc1. The molecule has 0 saturated carbocycles. The van der Waals surface area contributed by atoms with Gasteiger partial charge in [0.15, 0.2) is 5.16 Å². The molecule has 1 aromatic heterocycles.